The first-order valence-corrected chi connectivity index (χ1v) is 9.25. The minimum absolute atomic E-state index is 0.0938. The predicted molar refractivity (Wildman–Crippen MR) is 91.5 cm³/mol. The highest BCUT2D eigenvalue weighted by atomic mass is 16.5. The molecule has 0 radical (unpaired) electrons. The summed E-state index contributed by atoms with van der Waals surface area (Å²) in [4.78, 5) is 26.3. The third kappa shape index (κ3) is 3.90. The van der Waals surface area contributed by atoms with E-state index in [4.69, 9.17) is 9.26 Å². The molecule has 1 saturated carbocycles. The molecule has 0 bridgehead atoms. The molecule has 2 fully saturated rings. The second kappa shape index (κ2) is 7.90. The fraction of sp³-hybridized carbons (Fsp3) is 0.611. The van der Waals surface area contributed by atoms with Gasteiger partial charge in [0, 0.05) is 38.5 Å². The lowest BCUT2D eigenvalue weighted by atomic mass is 10.00. The third-order valence-electron chi connectivity index (χ3n) is 5.08. The van der Waals surface area contributed by atoms with Crippen molar-refractivity contribution in [2.75, 3.05) is 26.3 Å². The molecular formula is C18H23N5O3. The SMILES string of the molecule is O=C(c1cnccn1)N1CC(c2nc(CCOCC3CCCC3)no2)C1. The second-order valence-electron chi connectivity index (χ2n) is 7.02. The number of hydrogen-bond acceptors (Lipinski definition) is 7. The zero-order chi connectivity index (χ0) is 17.8. The maximum absolute atomic E-state index is 12.2. The van der Waals surface area contributed by atoms with Gasteiger partial charge in [-0.2, -0.15) is 4.98 Å². The summed E-state index contributed by atoms with van der Waals surface area (Å²) in [5.74, 6) is 1.97. The summed E-state index contributed by atoms with van der Waals surface area (Å²) < 4.78 is 11.1. The maximum atomic E-state index is 12.2. The maximum Gasteiger partial charge on any atom is 0.274 e. The van der Waals surface area contributed by atoms with Crippen LogP contribution in [-0.2, 0) is 11.2 Å². The number of rotatable bonds is 7. The smallest absolute Gasteiger partial charge is 0.274 e. The van der Waals surface area contributed by atoms with Crippen LogP contribution in [0.25, 0.3) is 0 Å². The first-order valence-electron chi connectivity index (χ1n) is 9.25. The molecule has 4 rings (SSSR count). The molecule has 0 aromatic carbocycles. The van der Waals surface area contributed by atoms with Crippen molar-refractivity contribution in [1.82, 2.24) is 25.0 Å². The molecule has 0 unspecified atom stereocenters. The molecule has 1 saturated heterocycles. The Labute approximate surface area is 152 Å². The Hall–Kier alpha value is -2.35. The van der Waals surface area contributed by atoms with E-state index in [2.05, 4.69) is 20.1 Å². The molecule has 8 heteroatoms. The normalized spacial score (nSPS) is 18.2. The van der Waals surface area contributed by atoms with Crippen LogP contribution in [0, 0.1) is 5.92 Å². The van der Waals surface area contributed by atoms with Gasteiger partial charge in [0.05, 0.1) is 18.7 Å². The minimum Gasteiger partial charge on any atom is -0.381 e. The van der Waals surface area contributed by atoms with Gasteiger partial charge in [-0.25, -0.2) is 4.98 Å². The standard InChI is InChI=1S/C18H23N5O3/c24-18(15-9-19-6-7-20-15)23-10-14(11-23)17-21-16(22-26-17)5-8-25-12-13-3-1-2-4-13/h6-7,9,13-14H,1-5,8,10-12H2. The van der Waals surface area contributed by atoms with E-state index in [1.807, 2.05) is 0 Å². The Kier molecular flexibility index (Phi) is 5.19. The molecule has 26 heavy (non-hydrogen) atoms. The third-order valence-corrected chi connectivity index (χ3v) is 5.08. The van der Waals surface area contributed by atoms with Crippen LogP contribution in [-0.4, -0.2) is 57.2 Å². The first-order chi connectivity index (χ1) is 12.8. The van der Waals surface area contributed by atoms with E-state index in [0.29, 0.717) is 43.5 Å². The van der Waals surface area contributed by atoms with Crippen molar-refractivity contribution in [2.24, 2.45) is 5.92 Å². The second-order valence-corrected chi connectivity index (χ2v) is 7.02. The monoisotopic (exact) mass is 357 g/mol. The lowest BCUT2D eigenvalue weighted by Crippen LogP contribution is -2.48. The Morgan fingerprint density at radius 3 is 2.88 bits per heavy atom. The summed E-state index contributed by atoms with van der Waals surface area (Å²) >= 11 is 0. The zero-order valence-corrected chi connectivity index (χ0v) is 14.7. The summed E-state index contributed by atoms with van der Waals surface area (Å²) in [6.45, 7) is 2.59. The molecule has 1 aliphatic carbocycles. The molecule has 1 aliphatic heterocycles. The molecule has 0 spiro atoms. The van der Waals surface area contributed by atoms with Gasteiger partial charge in [0.2, 0.25) is 5.89 Å². The van der Waals surface area contributed by atoms with Crippen LogP contribution >= 0.6 is 0 Å². The molecule has 0 N–H and O–H groups in total. The van der Waals surface area contributed by atoms with Gasteiger partial charge in [0.15, 0.2) is 5.82 Å². The van der Waals surface area contributed by atoms with E-state index in [9.17, 15) is 4.79 Å². The van der Waals surface area contributed by atoms with Crippen LogP contribution in [0.5, 0.6) is 0 Å². The summed E-state index contributed by atoms with van der Waals surface area (Å²) in [6, 6.07) is 0. The molecule has 138 valence electrons. The van der Waals surface area contributed by atoms with Crippen molar-refractivity contribution >= 4 is 5.91 Å². The summed E-state index contributed by atoms with van der Waals surface area (Å²) in [7, 11) is 0. The van der Waals surface area contributed by atoms with Crippen molar-refractivity contribution in [3.63, 3.8) is 0 Å². The minimum atomic E-state index is -0.116. The van der Waals surface area contributed by atoms with Gasteiger partial charge in [-0.1, -0.05) is 18.0 Å². The van der Waals surface area contributed by atoms with Gasteiger partial charge >= 0.3 is 0 Å². The number of nitrogens with zero attached hydrogens (tertiary/aromatic N) is 5. The Morgan fingerprint density at radius 1 is 1.27 bits per heavy atom. The number of likely N-dealkylation sites (tertiary alicyclic amines) is 1. The van der Waals surface area contributed by atoms with Crippen molar-refractivity contribution < 1.29 is 14.1 Å². The Balaban J connectivity index is 1.20. The van der Waals surface area contributed by atoms with E-state index in [1.165, 1.54) is 38.1 Å². The van der Waals surface area contributed by atoms with Gasteiger partial charge in [-0.15, -0.1) is 0 Å². The highest BCUT2D eigenvalue weighted by Gasteiger charge is 2.36. The van der Waals surface area contributed by atoms with E-state index >= 15 is 0 Å². The molecule has 0 atom stereocenters. The zero-order valence-electron chi connectivity index (χ0n) is 14.7. The van der Waals surface area contributed by atoms with Gasteiger partial charge in [0.25, 0.3) is 5.91 Å². The topological polar surface area (TPSA) is 94.2 Å². The van der Waals surface area contributed by atoms with Gasteiger partial charge in [0.1, 0.15) is 5.69 Å². The van der Waals surface area contributed by atoms with E-state index in [1.54, 1.807) is 11.1 Å². The molecular weight excluding hydrogens is 334 g/mol. The summed E-state index contributed by atoms with van der Waals surface area (Å²) in [5.41, 5.74) is 0.358. The fourth-order valence-electron chi connectivity index (χ4n) is 3.50. The largest absolute Gasteiger partial charge is 0.381 e. The number of amides is 1. The molecule has 2 aliphatic rings. The van der Waals surface area contributed by atoms with Crippen molar-refractivity contribution in [1.29, 1.82) is 0 Å². The highest BCUT2D eigenvalue weighted by Crippen LogP contribution is 2.27. The van der Waals surface area contributed by atoms with Crippen LogP contribution in [0.1, 0.15) is 53.8 Å². The van der Waals surface area contributed by atoms with Crippen LogP contribution in [0.4, 0.5) is 0 Å². The average Bonchev–Trinajstić information content (AvgIpc) is 3.30. The lowest BCUT2D eigenvalue weighted by Gasteiger charge is -2.36. The van der Waals surface area contributed by atoms with Crippen molar-refractivity contribution in [3.8, 4) is 0 Å². The molecule has 1 amide bonds. The molecule has 3 heterocycles. The van der Waals surface area contributed by atoms with Gasteiger partial charge < -0.3 is 14.2 Å². The Bertz CT molecular complexity index is 723. The van der Waals surface area contributed by atoms with Gasteiger partial charge in [-0.3, -0.25) is 9.78 Å². The van der Waals surface area contributed by atoms with Crippen LogP contribution in [0.2, 0.25) is 0 Å². The molecule has 2 aromatic heterocycles. The molecule has 8 nitrogen and oxygen atoms in total. The number of carbonyl (C=O) groups is 1. The number of hydrogen-bond donors (Lipinski definition) is 0. The summed E-state index contributed by atoms with van der Waals surface area (Å²) in [6.07, 6.45) is 10.4. The number of ether oxygens (including phenoxy) is 1. The van der Waals surface area contributed by atoms with Crippen LogP contribution in [0.3, 0.4) is 0 Å². The van der Waals surface area contributed by atoms with Crippen LogP contribution < -0.4 is 0 Å². The van der Waals surface area contributed by atoms with E-state index in [-0.39, 0.29) is 11.8 Å². The first kappa shape index (κ1) is 17.1. The highest BCUT2D eigenvalue weighted by molar-refractivity contribution is 5.92. The van der Waals surface area contributed by atoms with Crippen molar-refractivity contribution in [3.05, 3.63) is 36.0 Å². The van der Waals surface area contributed by atoms with E-state index in [0.717, 1.165) is 12.5 Å². The van der Waals surface area contributed by atoms with Crippen molar-refractivity contribution in [2.45, 2.75) is 38.0 Å². The molecule has 2 aromatic rings. The average molecular weight is 357 g/mol. The number of carbonyl (C=O) groups excluding carboxylic acids is 1. The predicted octanol–water partition coefficient (Wildman–Crippen LogP) is 1.85. The quantitative estimate of drug-likeness (QED) is 0.698. The fourth-order valence-corrected chi connectivity index (χ4v) is 3.50. The van der Waals surface area contributed by atoms with E-state index < -0.39 is 0 Å². The summed E-state index contributed by atoms with van der Waals surface area (Å²) in [5, 5.41) is 4.02. The Morgan fingerprint density at radius 2 is 2.12 bits per heavy atom. The lowest BCUT2D eigenvalue weighted by molar-refractivity contribution is 0.0562. The number of aromatic nitrogens is 4. The van der Waals surface area contributed by atoms with Gasteiger partial charge in [-0.05, 0) is 18.8 Å². The van der Waals surface area contributed by atoms with Crippen LogP contribution in [0.15, 0.2) is 23.1 Å².